The summed E-state index contributed by atoms with van der Waals surface area (Å²) in [6, 6.07) is 8.85. The van der Waals surface area contributed by atoms with Gasteiger partial charge in [-0.2, -0.15) is 0 Å². The zero-order valence-corrected chi connectivity index (χ0v) is 16.2. The molecule has 1 aliphatic rings. The smallest absolute Gasteiger partial charge is 0.261 e. The highest BCUT2D eigenvalue weighted by atomic mass is 32.2. The number of hydrogen-bond donors (Lipinski definition) is 1. The van der Waals surface area contributed by atoms with E-state index in [9.17, 15) is 17.6 Å². The van der Waals surface area contributed by atoms with E-state index >= 15 is 0 Å². The van der Waals surface area contributed by atoms with Crippen molar-refractivity contribution in [2.45, 2.75) is 35.8 Å². The lowest BCUT2D eigenvalue weighted by molar-refractivity contribution is -0.116. The van der Waals surface area contributed by atoms with E-state index in [4.69, 9.17) is 0 Å². The lowest BCUT2D eigenvalue weighted by atomic mass is 10.2. The molecule has 26 heavy (non-hydrogen) atoms. The highest BCUT2D eigenvalue weighted by Crippen LogP contribution is 2.39. The molecule has 5 nitrogen and oxygen atoms in total. The first-order chi connectivity index (χ1) is 12.2. The zero-order valence-electron chi connectivity index (χ0n) is 14.6. The summed E-state index contributed by atoms with van der Waals surface area (Å²) in [5, 5.41) is 0.225. The molecule has 1 atom stereocenters. The van der Waals surface area contributed by atoms with Crippen molar-refractivity contribution in [2.24, 2.45) is 0 Å². The van der Waals surface area contributed by atoms with Crippen LogP contribution in [0, 0.1) is 12.7 Å². The summed E-state index contributed by atoms with van der Waals surface area (Å²) in [7, 11) is -3.90. The maximum Gasteiger partial charge on any atom is 0.261 e. The fraction of sp³-hybridized carbons (Fsp3) is 0.278. The molecule has 2 aromatic rings. The zero-order chi connectivity index (χ0) is 19.1. The average molecular weight is 394 g/mol. The van der Waals surface area contributed by atoms with Gasteiger partial charge in [-0.3, -0.25) is 9.52 Å². The Hall–Kier alpha value is -2.06. The first kappa shape index (κ1) is 18.7. The van der Waals surface area contributed by atoms with Crippen LogP contribution in [0.1, 0.15) is 19.4 Å². The number of hydrogen-bond acceptors (Lipinski definition) is 4. The van der Waals surface area contributed by atoms with Crippen LogP contribution in [0.4, 0.5) is 15.8 Å². The predicted molar refractivity (Wildman–Crippen MR) is 102 cm³/mol. The molecule has 0 saturated carbocycles. The monoisotopic (exact) mass is 394 g/mol. The van der Waals surface area contributed by atoms with Crippen molar-refractivity contribution in [1.29, 1.82) is 0 Å². The van der Waals surface area contributed by atoms with Crippen LogP contribution in [0.3, 0.4) is 0 Å². The minimum Gasteiger partial charge on any atom is -0.310 e. The number of fused-ring (bicyclic) bond motifs is 1. The number of carbonyl (C=O) groups excluding carboxylic acids is 1. The maximum absolute atomic E-state index is 13.7. The number of benzene rings is 2. The normalized spacial score (nSPS) is 16.9. The summed E-state index contributed by atoms with van der Waals surface area (Å²) < 4.78 is 41.4. The third-order valence-electron chi connectivity index (χ3n) is 4.10. The summed E-state index contributed by atoms with van der Waals surface area (Å²) in [4.78, 5) is 14.4. The molecule has 1 aliphatic heterocycles. The van der Waals surface area contributed by atoms with Crippen molar-refractivity contribution in [3.63, 3.8) is 0 Å². The summed E-state index contributed by atoms with van der Waals surface area (Å²) in [6.45, 7) is 5.60. The van der Waals surface area contributed by atoms with Crippen molar-refractivity contribution < 1.29 is 17.6 Å². The summed E-state index contributed by atoms with van der Waals surface area (Å²) in [5.41, 5.74) is 1.17. The van der Waals surface area contributed by atoms with Gasteiger partial charge in [-0.1, -0.05) is 13.0 Å². The maximum atomic E-state index is 13.7. The number of sulfonamides is 1. The van der Waals surface area contributed by atoms with Gasteiger partial charge in [0.25, 0.3) is 10.0 Å². The lowest BCUT2D eigenvalue weighted by Gasteiger charge is -2.32. The summed E-state index contributed by atoms with van der Waals surface area (Å²) >= 11 is 1.60. The number of aryl methyl sites for hydroxylation is 1. The SMILES string of the molecule is CC(=O)N1C[C@H](C)Sc2ccc(S(=O)(=O)Nc3ccc(C)c(F)c3)cc21. The van der Waals surface area contributed by atoms with Gasteiger partial charge in [0.1, 0.15) is 5.82 Å². The van der Waals surface area contributed by atoms with E-state index in [1.54, 1.807) is 29.7 Å². The Kier molecular flexibility index (Phi) is 4.98. The van der Waals surface area contributed by atoms with Crippen LogP contribution in [0.15, 0.2) is 46.2 Å². The molecule has 0 bridgehead atoms. The molecule has 0 fully saturated rings. The van der Waals surface area contributed by atoms with E-state index in [0.29, 0.717) is 17.8 Å². The second kappa shape index (κ2) is 6.92. The van der Waals surface area contributed by atoms with Crippen LogP contribution >= 0.6 is 11.8 Å². The van der Waals surface area contributed by atoms with Gasteiger partial charge in [-0.15, -0.1) is 11.8 Å². The van der Waals surface area contributed by atoms with Gasteiger partial charge in [-0.25, -0.2) is 12.8 Å². The molecular weight excluding hydrogens is 375 g/mol. The third kappa shape index (κ3) is 3.71. The first-order valence-corrected chi connectivity index (χ1v) is 10.4. The van der Waals surface area contributed by atoms with Crippen LogP contribution in [0.25, 0.3) is 0 Å². The Morgan fingerprint density at radius 2 is 2.00 bits per heavy atom. The van der Waals surface area contributed by atoms with Crippen LogP contribution in [0.2, 0.25) is 0 Å². The van der Waals surface area contributed by atoms with Crippen LogP contribution in [-0.4, -0.2) is 26.1 Å². The van der Waals surface area contributed by atoms with Gasteiger partial charge in [0.05, 0.1) is 16.3 Å². The number of anilines is 2. The molecule has 0 aromatic heterocycles. The summed E-state index contributed by atoms with van der Waals surface area (Å²) in [5.74, 6) is -0.620. The van der Waals surface area contributed by atoms with Crippen LogP contribution in [0.5, 0.6) is 0 Å². The van der Waals surface area contributed by atoms with Crippen molar-refractivity contribution in [2.75, 3.05) is 16.2 Å². The van der Waals surface area contributed by atoms with Gasteiger partial charge in [0.2, 0.25) is 5.91 Å². The Balaban J connectivity index is 1.97. The quantitative estimate of drug-likeness (QED) is 0.860. The molecule has 1 amide bonds. The Labute approximate surface area is 156 Å². The number of nitrogens with zero attached hydrogens (tertiary/aromatic N) is 1. The minimum atomic E-state index is -3.90. The van der Waals surface area contributed by atoms with Gasteiger partial charge < -0.3 is 4.90 Å². The van der Waals surface area contributed by atoms with Crippen molar-refractivity contribution in [3.8, 4) is 0 Å². The van der Waals surface area contributed by atoms with Crippen LogP contribution in [-0.2, 0) is 14.8 Å². The van der Waals surface area contributed by atoms with E-state index in [1.807, 2.05) is 6.92 Å². The van der Waals surface area contributed by atoms with E-state index < -0.39 is 15.8 Å². The molecule has 0 unspecified atom stereocenters. The van der Waals surface area contributed by atoms with Gasteiger partial charge >= 0.3 is 0 Å². The highest BCUT2D eigenvalue weighted by molar-refractivity contribution is 8.00. The number of rotatable bonds is 3. The molecule has 2 aromatic carbocycles. The molecule has 0 aliphatic carbocycles. The number of amides is 1. The molecule has 0 spiro atoms. The largest absolute Gasteiger partial charge is 0.310 e. The fourth-order valence-electron chi connectivity index (χ4n) is 2.75. The lowest BCUT2D eigenvalue weighted by Crippen LogP contribution is -2.37. The van der Waals surface area contributed by atoms with E-state index in [-0.39, 0.29) is 21.7 Å². The molecule has 3 rings (SSSR count). The number of nitrogens with one attached hydrogen (secondary N) is 1. The molecule has 138 valence electrons. The Morgan fingerprint density at radius 3 is 2.65 bits per heavy atom. The molecule has 0 radical (unpaired) electrons. The standard InChI is InChI=1S/C18H19FN2O3S2/c1-11-4-5-14(8-16(11)19)20-26(23,24)15-6-7-18-17(9-15)21(13(3)22)10-12(2)25-18/h4-9,12,20H,10H2,1-3H3/t12-/m0/s1. The second-order valence-electron chi connectivity index (χ2n) is 6.26. The summed E-state index contributed by atoms with van der Waals surface area (Å²) in [6.07, 6.45) is 0. The fourth-order valence-corrected chi connectivity index (χ4v) is 4.92. The van der Waals surface area contributed by atoms with Crippen LogP contribution < -0.4 is 9.62 Å². The Morgan fingerprint density at radius 1 is 1.27 bits per heavy atom. The number of thioether (sulfide) groups is 1. The molecule has 1 heterocycles. The van der Waals surface area contributed by atoms with E-state index in [2.05, 4.69) is 4.72 Å². The topological polar surface area (TPSA) is 66.5 Å². The number of carbonyl (C=O) groups is 1. The predicted octanol–water partition coefficient (Wildman–Crippen LogP) is 3.78. The number of halogens is 1. The molecular formula is C18H19FN2O3S2. The van der Waals surface area contributed by atoms with Crippen molar-refractivity contribution >= 4 is 39.1 Å². The third-order valence-corrected chi connectivity index (χ3v) is 6.63. The van der Waals surface area contributed by atoms with Crippen molar-refractivity contribution in [3.05, 3.63) is 47.8 Å². The van der Waals surface area contributed by atoms with Gasteiger partial charge in [0, 0.05) is 23.6 Å². The van der Waals surface area contributed by atoms with Crippen molar-refractivity contribution in [1.82, 2.24) is 0 Å². The Bertz CT molecular complexity index is 976. The van der Waals surface area contributed by atoms with E-state index in [1.165, 1.54) is 31.2 Å². The highest BCUT2D eigenvalue weighted by Gasteiger charge is 2.27. The second-order valence-corrected chi connectivity index (χ2v) is 9.42. The van der Waals surface area contributed by atoms with Gasteiger partial charge in [0.15, 0.2) is 0 Å². The van der Waals surface area contributed by atoms with Gasteiger partial charge in [-0.05, 0) is 42.8 Å². The first-order valence-electron chi connectivity index (χ1n) is 8.05. The van der Waals surface area contributed by atoms with E-state index in [0.717, 1.165) is 11.0 Å². The molecule has 8 heteroatoms. The minimum absolute atomic E-state index is 0.0265. The molecule has 1 N–H and O–H groups in total. The molecule has 0 saturated heterocycles. The average Bonchev–Trinajstić information content (AvgIpc) is 2.56.